The van der Waals surface area contributed by atoms with Gasteiger partial charge in [-0.2, -0.15) is 0 Å². The van der Waals surface area contributed by atoms with Gasteiger partial charge in [-0.15, -0.1) is 0 Å². The molecule has 1 atom stereocenters. The van der Waals surface area contributed by atoms with Crippen LogP contribution < -0.4 is 5.32 Å². The molecule has 0 radical (unpaired) electrons. The Bertz CT molecular complexity index is 305. The monoisotopic (exact) mass is 228 g/mol. The number of hydrogen-bond donors (Lipinski definition) is 1. The number of nitrogens with zero attached hydrogens (tertiary/aromatic N) is 1. The molecule has 15 heavy (non-hydrogen) atoms. The molecule has 1 unspecified atom stereocenters. The quantitative estimate of drug-likeness (QED) is 0.819. The average Bonchev–Trinajstić information content (AvgIpc) is 2.45. The van der Waals surface area contributed by atoms with Crippen molar-refractivity contribution in [2.45, 2.75) is 39.8 Å². The molecule has 0 aliphatic rings. The summed E-state index contributed by atoms with van der Waals surface area (Å²) in [5.41, 5.74) is 1.24. The summed E-state index contributed by atoms with van der Waals surface area (Å²) in [5, 5.41) is 4.37. The first-order valence-corrected chi connectivity index (χ1v) is 5.96. The highest BCUT2D eigenvalue weighted by atomic mass is 35.5. The fourth-order valence-corrected chi connectivity index (χ4v) is 2.10. The number of rotatable bonds is 5. The zero-order valence-electron chi connectivity index (χ0n) is 10.0. The van der Waals surface area contributed by atoms with Gasteiger partial charge in [0.25, 0.3) is 0 Å². The van der Waals surface area contributed by atoms with Crippen molar-refractivity contribution in [3.8, 4) is 0 Å². The highest BCUT2D eigenvalue weighted by Crippen LogP contribution is 2.13. The SMILES string of the molecule is CCC(NCc1cc(Cl)cn1C)C(C)C. The van der Waals surface area contributed by atoms with E-state index in [-0.39, 0.29) is 0 Å². The average molecular weight is 229 g/mol. The third-order valence-corrected chi connectivity index (χ3v) is 3.07. The van der Waals surface area contributed by atoms with Crippen LogP contribution in [0.4, 0.5) is 0 Å². The van der Waals surface area contributed by atoms with E-state index in [1.807, 2.05) is 19.3 Å². The Balaban J connectivity index is 2.52. The van der Waals surface area contributed by atoms with Gasteiger partial charge in [0.1, 0.15) is 0 Å². The van der Waals surface area contributed by atoms with Crippen molar-refractivity contribution < 1.29 is 0 Å². The molecule has 0 saturated carbocycles. The van der Waals surface area contributed by atoms with Gasteiger partial charge in [0.05, 0.1) is 5.02 Å². The smallest absolute Gasteiger partial charge is 0.0585 e. The van der Waals surface area contributed by atoms with Crippen molar-refractivity contribution in [3.05, 3.63) is 23.0 Å². The van der Waals surface area contributed by atoms with E-state index < -0.39 is 0 Å². The van der Waals surface area contributed by atoms with E-state index in [4.69, 9.17) is 11.6 Å². The maximum absolute atomic E-state index is 5.93. The molecule has 0 fully saturated rings. The second kappa shape index (κ2) is 5.57. The second-order valence-electron chi connectivity index (χ2n) is 4.40. The van der Waals surface area contributed by atoms with E-state index in [9.17, 15) is 0 Å². The van der Waals surface area contributed by atoms with Crippen LogP contribution in [0.3, 0.4) is 0 Å². The van der Waals surface area contributed by atoms with Gasteiger partial charge in [-0.3, -0.25) is 0 Å². The molecule has 0 aliphatic carbocycles. The van der Waals surface area contributed by atoms with Crippen LogP contribution >= 0.6 is 11.6 Å². The molecular weight excluding hydrogens is 208 g/mol. The summed E-state index contributed by atoms with van der Waals surface area (Å²) in [6.45, 7) is 7.60. The summed E-state index contributed by atoms with van der Waals surface area (Å²) in [5.74, 6) is 0.672. The molecule has 86 valence electrons. The van der Waals surface area contributed by atoms with Crippen LogP contribution in [0.1, 0.15) is 32.9 Å². The number of nitrogens with one attached hydrogen (secondary N) is 1. The highest BCUT2D eigenvalue weighted by molar-refractivity contribution is 6.30. The normalized spacial score (nSPS) is 13.5. The molecule has 1 heterocycles. The first-order valence-electron chi connectivity index (χ1n) is 5.58. The summed E-state index contributed by atoms with van der Waals surface area (Å²) < 4.78 is 2.07. The molecule has 0 amide bonds. The minimum Gasteiger partial charge on any atom is -0.352 e. The molecule has 1 aromatic rings. The molecule has 0 aromatic carbocycles. The first-order chi connectivity index (χ1) is 7.04. The van der Waals surface area contributed by atoms with Crippen molar-refractivity contribution in [2.24, 2.45) is 13.0 Å². The minimum atomic E-state index is 0.582. The Morgan fingerprint density at radius 2 is 2.13 bits per heavy atom. The standard InChI is InChI=1S/C12H21ClN2/c1-5-12(9(2)3)14-7-11-6-10(13)8-15(11)4/h6,8-9,12,14H,5,7H2,1-4H3. The predicted octanol–water partition coefficient (Wildman–Crippen LogP) is 3.20. The van der Waals surface area contributed by atoms with Crippen LogP contribution in [-0.2, 0) is 13.6 Å². The van der Waals surface area contributed by atoms with Crippen LogP contribution in [0.25, 0.3) is 0 Å². The third kappa shape index (κ3) is 3.54. The van der Waals surface area contributed by atoms with E-state index in [0.717, 1.165) is 18.0 Å². The fourth-order valence-electron chi connectivity index (χ4n) is 1.83. The van der Waals surface area contributed by atoms with Gasteiger partial charge >= 0.3 is 0 Å². The molecule has 0 saturated heterocycles. The van der Waals surface area contributed by atoms with Gasteiger partial charge < -0.3 is 9.88 Å². The van der Waals surface area contributed by atoms with E-state index in [2.05, 4.69) is 30.7 Å². The third-order valence-electron chi connectivity index (χ3n) is 2.86. The Morgan fingerprint density at radius 1 is 1.47 bits per heavy atom. The van der Waals surface area contributed by atoms with Gasteiger partial charge in [0.15, 0.2) is 0 Å². The van der Waals surface area contributed by atoms with Crippen molar-refractivity contribution in [1.29, 1.82) is 0 Å². The van der Waals surface area contributed by atoms with Crippen molar-refractivity contribution in [3.63, 3.8) is 0 Å². The number of aromatic nitrogens is 1. The summed E-state index contributed by atoms with van der Waals surface area (Å²) >= 11 is 5.93. The molecule has 0 aliphatic heterocycles. The second-order valence-corrected chi connectivity index (χ2v) is 4.84. The summed E-state index contributed by atoms with van der Waals surface area (Å²) in [6, 6.07) is 2.60. The van der Waals surface area contributed by atoms with Crippen LogP contribution in [0.5, 0.6) is 0 Å². The minimum absolute atomic E-state index is 0.582. The molecule has 1 rings (SSSR count). The Morgan fingerprint density at radius 3 is 2.53 bits per heavy atom. The zero-order valence-corrected chi connectivity index (χ0v) is 10.8. The summed E-state index contributed by atoms with van der Waals surface area (Å²) in [6.07, 6.45) is 3.10. The van der Waals surface area contributed by atoms with Crippen LogP contribution in [0, 0.1) is 5.92 Å². The first kappa shape index (κ1) is 12.6. The molecule has 3 heteroatoms. The molecule has 1 N–H and O–H groups in total. The van der Waals surface area contributed by atoms with E-state index in [1.54, 1.807) is 0 Å². The van der Waals surface area contributed by atoms with E-state index in [1.165, 1.54) is 5.69 Å². The Kier molecular flexibility index (Phi) is 4.68. The molecule has 2 nitrogen and oxygen atoms in total. The lowest BCUT2D eigenvalue weighted by atomic mass is 10.0. The summed E-state index contributed by atoms with van der Waals surface area (Å²) in [4.78, 5) is 0. The highest BCUT2D eigenvalue weighted by Gasteiger charge is 2.10. The molecule has 0 spiro atoms. The molecule has 1 aromatic heterocycles. The van der Waals surface area contributed by atoms with E-state index in [0.29, 0.717) is 12.0 Å². The van der Waals surface area contributed by atoms with Gasteiger partial charge in [0.2, 0.25) is 0 Å². The maximum Gasteiger partial charge on any atom is 0.0585 e. The van der Waals surface area contributed by atoms with Gasteiger partial charge in [-0.25, -0.2) is 0 Å². The Labute approximate surface area is 97.6 Å². The Hall–Kier alpha value is -0.470. The number of aryl methyl sites for hydroxylation is 1. The van der Waals surface area contributed by atoms with Gasteiger partial charge in [-0.1, -0.05) is 32.4 Å². The van der Waals surface area contributed by atoms with Crippen LogP contribution in [0.15, 0.2) is 12.3 Å². The largest absolute Gasteiger partial charge is 0.352 e. The predicted molar refractivity (Wildman–Crippen MR) is 66.2 cm³/mol. The van der Waals surface area contributed by atoms with Gasteiger partial charge in [-0.05, 0) is 18.4 Å². The van der Waals surface area contributed by atoms with Crippen LogP contribution in [0.2, 0.25) is 5.02 Å². The number of hydrogen-bond acceptors (Lipinski definition) is 1. The van der Waals surface area contributed by atoms with Gasteiger partial charge in [0, 0.05) is 31.5 Å². The maximum atomic E-state index is 5.93. The molecular formula is C12H21ClN2. The van der Waals surface area contributed by atoms with Crippen molar-refractivity contribution in [2.75, 3.05) is 0 Å². The summed E-state index contributed by atoms with van der Waals surface area (Å²) in [7, 11) is 2.03. The lowest BCUT2D eigenvalue weighted by Crippen LogP contribution is -2.33. The number of halogens is 1. The van der Waals surface area contributed by atoms with E-state index >= 15 is 0 Å². The van der Waals surface area contributed by atoms with Crippen molar-refractivity contribution in [1.82, 2.24) is 9.88 Å². The zero-order chi connectivity index (χ0) is 11.4. The molecule has 0 bridgehead atoms. The lowest BCUT2D eigenvalue weighted by Gasteiger charge is -2.20. The topological polar surface area (TPSA) is 17.0 Å². The van der Waals surface area contributed by atoms with Crippen LogP contribution in [-0.4, -0.2) is 10.6 Å². The van der Waals surface area contributed by atoms with Crippen molar-refractivity contribution >= 4 is 11.6 Å². The fraction of sp³-hybridized carbons (Fsp3) is 0.667. The lowest BCUT2D eigenvalue weighted by molar-refractivity contribution is 0.384.